The largest absolute Gasteiger partial charge is 0.418 e. The van der Waals surface area contributed by atoms with Crippen LogP contribution in [0.3, 0.4) is 0 Å². The molecule has 0 saturated heterocycles. The maximum absolute atomic E-state index is 12.7. The number of alkyl halides is 3. The molecule has 1 rings (SSSR count). The Morgan fingerprint density at radius 2 is 2.06 bits per heavy atom. The Balaban J connectivity index is 3.00. The fraction of sp³-hybridized carbons (Fsp3) is 0.417. The van der Waals surface area contributed by atoms with Crippen molar-refractivity contribution in [1.29, 1.82) is 5.26 Å². The van der Waals surface area contributed by atoms with E-state index in [1.165, 1.54) is 12.1 Å². The molecule has 0 amide bonds. The number of unbranched alkanes of at least 4 members (excludes halogenated alkanes) is 1. The molecule has 0 aliphatic carbocycles. The first-order valence-corrected chi connectivity index (χ1v) is 5.34. The Labute approximate surface area is 98.1 Å². The second-order valence-corrected chi connectivity index (χ2v) is 3.65. The summed E-state index contributed by atoms with van der Waals surface area (Å²) < 4.78 is 38.2. The highest BCUT2D eigenvalue weighted by molar-refractivity contribution is 5.56. The quantitative estimate of drug-likeness (QED) is 0.815. The van der Waals surface area contributed by atoms with Gasteiger partial charge in [0.05, 0.1) is 17.2 Å². The minimum Gasteiger partial charge on any atom is -0.385 e. The van der Waals surface area contributed by atoms with Crippen molar-refractivity contribution >= 4 is 5.69 Å². The summed E-state index contributed by atoms with van der Waals surface area (Å²) in [7, 11) is 0. The molecule has 1 N–H and O–H groups in total. The van der Waals surface area contributed by atoms with Crippen molar-refractivity contribution in [3.05, 3.63) is 29.3 Å². The van der Waals surface area contributed by atoms with Crippen LogP contribution in [0.5, 0.6) is 0 Å². The molecule has 0 fully saturated rings. The van der Waals surface area contributed by atoms with Gasteiger partial charge in [-0.05, 0) is 24.6 Å². The number of benzene rings is 1. The van der Waals surface area contributed by atoms with Crippen LogP contribution >= 0.6 is 0 Å². The number of hydrogen-bond donors (Lipinski definition) is 1. The van der Waals surface area contributed by atoms with Gasteiger partial charge < -0.3 is 5.32 Å². The summed E-state index contributed by atoms with van der Waals surface area (Å²) in [5.74, 6) is 0. The predicted molar refractivity (Wildman–Crippen MR) is 59.6 cm³/mol. The van der Waals surface area contributed by atoms with Crippen molar-refractivity contribution in [1.82, 2.24) is 0 Å². The monoisotopic (exact) mass is 242 g/mol. The van der Waals surface area contributed by atoms with E-state index in [-0.39, 0.29) is 11.3 Å². The Hall–Kier alpha value is -1.70. The molecule has 0 aliphatic heterocycles. The van der Waals surface area contributed by atoms with E-state index in [4.69, 9.17) is 5.26 Å². The maximum Gasteiger partial charge on any atom is 0.418 e. The zero-order chi connectivity index (χ0) is 12.9. The zero-order valence-electron chi connectivity index (χ0n) is 9.43. The first-order valence-electron chi connectivity index (χ1n) is 5.34. The highest BCUT2D eigenvalue weighted by Gasteiger charge is 2.33. The number of hydrogen-bond acceptors (Lipinski definition) is 2. The molecule has 0 saturated carbocycles. The van der Waals surface area contributed by atoms with Gasteiger partial charge in [-0.25, -0.2) is 0 Å². The van der Waals surface area contributed by atoms with Crippen LogP contribution in [0.25, 0.3) is 0 Å². The molecule has 5 heteroatoms. The summed E-state index contributed by atoms with van der Waals surface area (Å²) >= 11 is 0. The molecule has 17 heavy (non-hydrogen) atoms. The lowest BCUT2D eigenvalue weighted by Crippen LogP contribution is -2.12. The van der Waals surface area contributed by atoms with Crippen LogP contribution < -0.4 is 5.32 Å². The lowest BCUT2D eigenvalue weighted by molar-refractivity contribution is -0.137. The van der Waals surface area contributed by atoms with E-state index < -0.39 is 11.7 Å². The highest BCUT2D eigenvalue weighted by atomic mass is 19.4. The maximum atomic E-state index is 12.7. The average Bonchev–Trinajstić information content (AvgIpc) is 2.28. The van der Waals surface area contributed by atoms with Gasteiger partial charge in [0, 0.05) is 12.2 Å². The Bertz CT molecular complexity index is 419. The predicted octanol–water partition coefficient (Wildman–Crippen LogP) is 3.79. The first-order chi connectivity index (χ1) is 7.99. The fourth-order valence-corrected chi connectivity index (χ4v) is 1.40. The van der Waals surface area contributed by atoms with E-state index >= 15 is 0 Å². The Kier molecular flexibility index (Phi) is 4.38. The molecule has 1 aromatic rings. The lowest BCUT2D eigenvalue weighted by atomic mass is 10.1. The van der Waals surface area contributed by atoms with Crippen molar-refractivity contribution < 1.29 is 13.2 Å². The number of halogens is 3. The molecule has 0 spiro atoms. The molecule has 0 unspecified atom stereocenters. The van der Waals surface area contributed by atoms with Gasteiger partial charge in [-0.2, -0.15) is 18.4 Å². The summed E-state index contributed by atoms with van der Waals surface area (Å²) in [6.07, 6.45) is -2.73. The molecule has 0 aromatic heterocycles. The third kappa shape index (κ3) is 3.66. The number of nitriles is 1. The molecule has 1 aromatic carbocycles. The normalized spacial score (nSPS) is 11.0. The molecule has 0 radical (unpaired) electrons. The molecule has 92 valence electrons. The smallest absolute Gasteiger partial charge is 0.385 e. The van der Waals surface area contributed by atoms with Crippen LogP contribution in [0.4, 0.5) is 18.9 Å². The van der Waals surface area contributed by atoms with E-state index in [1.807, 2.05) is 6.92 Å². The van der Waals surface area contributed by atoms with Crippen LogP contribution in [0, 0.1) is 11.3 Å². The highest BCUT2D eigenvalue weighted by Crippen LogP contribution is 2.35. The first kappa shape index (κ1) is 13.4. The molecule has 0 bridgehead atoms. The zero-order valence-corrected chi connectivity index (χ0v) is 9.43. The van der Waals surface area contributed by atoms with Crippen LogP contribution in [-0.4, -0.2) is 6.54 Å². The number of nitrogens with one attached hydrogen (secondary N) is 1. The Morgan fingerprint density at radius 1 is 1.35 bits per heavy atom. The van der Waals surface area contributed by atoms with Crippen molar-refractivity contribution in [2.75, 3.05) is 11.9 Å². The second-order valence-electron chi connectivity index (χ2n) is 3.65. The van der Waals surface area contributed by atoms with E-state index in [1.54, 1.807) is 6.07 Å². The molecule has 0 aliphatic rings. The third-order valence-corrected chi connectivity index (χ3v) is 2.30. The van der Waals surface area contributed by atoms with Crippen LogP contribution in [0.1, 0.15) is 30.9 Å². The summed E-state index contributed by atoms with van der Waals surface area (Å²) in [5.41, 5.74) is -0.740. The van der Waals surface area contributed by atoms with E-state index in [2.05, 4.69) is 5.32 Å². The van der Waals surface area contributed by atoms with E-state index in [0.717, 1.165) is 18.9 Å². The van der Waals surface area contributed by atoms with E-state index in [9.17, 15) is 13.2 Å². The number of anilines is 1. The third-order valence-electron chi connectivity index (χ3n) is 2.30. The van der Waals surface area contributed by atoms with Gasteiger partial charge >= 0.3 is 6.18 Å². The summed E-state index contributed by atoms with van der Waals surface area (Å²) in [4.78, 5) is 0. The topological polar surface area (TPSA) is 35.8 Å². The summed E-state index contributed by atoms with van der Waals surface area (Å²) in [6.45, 7) is 2.45. The van der Waals surface area contributed by atoms with Gasteiger partial charge in [0.25, 0.3) is 0 Å². The van der Waals surface area contributed by atoms with Crippen molar-refractivity contribution in [2.45, 2.75) is 25.9 Å². The number of rotatable bonds is 4. The van der Waals surface area contributed by atoms with Gasteiger partial charge in [-0.15, -0.1) is 0 Å². The minimum atomic E-state index is -4.44. The number of nitrogens with zero attached hydrogens (tertiary/aromatic N) is 1. The van der Waals surface area contributed by atoms with Gasteiger partial charge in [-0.1, -0.05) is 13.3 Å². The summed E-state index contributed by atoms with van der Waals surface area (Å²) in [5, 5.41) is 11.3. The van der Waals surface area contributed by atoms with E-state index in [0.29, 0.717) is 6.54 Å². The van der Waals surface area contributed by atoms with Crippen LogP contribution in [0.15, 0.2) is 18.2 Å². The fourth-order valence-electron chi connectivity index (χ4n) is 1.40. The van der Waals surface area contributed by atoms with Crippen molar-refractivity contribution in [3.8, 4) is 6.07 Å². The van der Waals surface area contributed by atoms with Gasteiger partial charge in [0.15, 0.2) is 0 Å². The minimum absolute atomic E-state index is 0.0124. The Morgan fingerprint density at radius 3 is 2.59 bits per heavy atom. The standard InChI is InChI=1S/C12H13F3N2/c1-2-3-6-17-11-5-4-9(8-16)7-10(11)12(13,14)15/h4-5,7,17H,2-3,6H2,1H3. The van der Waals surface area contributed by atoms with Crippen LogP contribution in [-0.2, 0) is 6.18 Å². The molecule has 2 nitrogen and oxygen atoms in total. The van der Waals surface area contributed by atoms with Gasteiger partial charge in [0.1, 0.15) is 0 Å². The van der Waals surface area contributed by atoms with Crippen molar-refractivity contribution in [3.63, 3.8) is 0 Å². The molecule has 0 atom stereocenters. The molecular formula is C12H13F3N2. The SMILES string of the molecule is CCCCNc1ccc(C#N)cc1C(F)(F)F. The second kappa shape index (κ2) is 5.58. The van der Waals surface area contributed by atoms with Crippen molar-refractivity contribution in [2.24, 2.45) is 0 Å². The van der Waals surface area contributed by atoms with Gasteiger partial charge in [0.2, 0.25) is 0 Å². The molecular weight excluding hydrogens is 229 g/mol. The average molecular weight is 242 g/mol. The summed E-state index contributed by atoms with van der Waals surface area (Å²) in [6, 6.07) is 5.26. The lowest BCUT2D eigenvalue weighted by Gasteiger charge is -2.14. The molecule has 0 heterocycles. The van der Waals surface area contributed by atoms with Gasteiger partial charge in [-0.3, -0.25) is 0 Å². The van der Waals surface area contributed by atoms with Crippen LogP contribution in [0.2, 0.25) is 0 Å².